The molecule has 1 aromatic carbocycles. The zero-order valence-electron chi connectivity index (χ0n) is 20.5. The Morgan fingerprint density at radius 1 is 1.35 bits per heavy atom. The first-order valence-electron chi connectivity index (χ1n) is 12.2. The molecule has 0 radical (unpaired) electrons. The minimum Gasteiger partial charge on any atom is -0.378 e. The molecule has 2 fully saturated rings. The number of nitrogens with two attached hydrogens (primary N) is 1. The number of fused-ring (bicyclic) bond motifs is 2. The van der Waals surface area contributed by atoms with Crippen molar-refractivity contribution in [2.75, 3.05) is 13.2 Å². The Bertz CT molecular complexity index is 1330. The summed E-state index contributed by atoms with van der Waals surface area (Å²) in [4.78, 5) is 23.9. The smallest absolute Gasteiger partial charge is 0.236 e. The van der Waals surface area contributed by atoms with E-state index in [1.807, 2.05) is 17.9 Å². The Morgan fingerprint density at radius 2 is 2.16 bits per heavy atom. The zero-order chi connectivity index (χ0) is 26.3. The fourth-order valence-corrected chi connectivity index (χ4v) is 6.44. The van der Waals surface area contributed by atoms with Crippen LogP contribution in [0.1, 0.15) is 49.1 Å². The molecule has 2 aromatic rings. The van der Waals surface area contributed by atoms with Gasteiger partial charge in [0.15, 0.2) is 5.17 Å². The predicted molar refractivity (Wildman–Crippen MR) is 138 cm³/mol. The van der Waals surface area contributed by atoms with Crippen molar-refractivity contribution in [1.29, 1.82) is 5.26 Å². The van der Waals surface area contributed by atoms with Crippen LogP contribution in [0, 0.1) is 23.1 Å². The van der Waals surface area contributed by atoms with Crippen molar-refractivity contribution in [3.05, 3.63) is 64.7 Å². The second-order valence-corrected chi connectivity index (χ2v) is 11.2. The SMILES string of the molecule is C[C@H]1C[C@H](C(=O)N2CC3CC2CO3)SC(N)=N[C@]1(C)c1cc(/C=C(\F)c2ccc(C#N)cn2)ccc1F. The van der Waals surface area contributed by atoms with Gasteiger partial charge in [-0.05, 0) is 61.6 Å². The molecule has 5 rings (SSSR count). The van der Waals surface area contributed by atoms with Crippen LogP contribution >= 0.6 is 11.8 Å². The normalized spacial score (nSPS) is 29.5. The van der Waals surface area contributed by atoms with Crippen LogP contribution in [0.25, 0.3) is 11.9 Å². The molecule has 2 bridgehead atoms. The van der Waals surface area contributed by atoms with E-state index in [0.29, 0.717) is 30.7 Å². The summed E-state index contributed by atoms with van der Waals surface area (Å²) in [6.45, 7) is 4.88. The minimum absolute atomic E-state index is 0.0178. The molecule has 2 unspecified atom stereocenters. The Morgan fingerprint density at radius 3 is 2.81 bits per heavy atom. The highest BCUT2D eigenvalue weighted by molar-refractivity contribution is 8.14. The van der Waals surface area contributed by atoms with E-state index < -0.39 is 22.4 Å². The number of ether oxygens (including phenoxy) is 1. The van der Waals surface area contributed by atoms with Crippen molar-refractivity contribution in [3.8, 4) is 6.07 Å². The summed E-state index contributed by atoms with van der Waals surface area (Å²) in [5.74, 6) is -1.31. The van der Waals surface area contributed by atoms with Gasteiger partial charge < -0.3 is 15.4 Å². The van der Waals surface area contributed by atoms with E-state index in [0.717, 1.165) is 6.42 Å². The van der Waals surface area contributed by atoms with E-state index in [9.17, 15) is 9.18 Å². The molecule has 3 aliphatic rings. The molecule has 7 nitrogen and oxygen atoms in total. The number of aliphatic imine (C=N–C) groups is 1. The highest BCUT2D eigenvalue weighted by Gasteiger charge is 2.46. The van der Waals surface area contributed by atoms with Gasteiger partial charge in [-0.3, -0.25) is 14.8 Å². The van der Waals surface area contributed by atoms with Crippen LogP contribution in [0.4, 0.5) is 8.78 Å². The molecule has 37 heavy (non-hydrogen) atoms. The van der Waals surface area contributed by atoms with E-state index >= 15 is 4.39 Å². The standard InChI is InChI=1S/C27H27F2N5O2S/c1-15-7-24(25(35)34-13-19-10-18(34)14-36-19)37-26(31)33-27(15,2)20-8-16(3-5-21(20)28)9-22(29)23-6-4-17(11-30)12-32-23/h3-6,8-9,12,15,18-19,24H,7,10,13-14H2,1-2H3,(H2,31,33)/b22-9-/t15-,18?,19?,24+,27-/m0/s1. The third-order valence-corrected chi connectivity index (χ3v) is 8.57. The van der Waals surface area contributed by atoms with Crippen LogP contribution in [0.15, 0.2) is 41.5 Å². The monoisotopic (exact) mass is 523 g/mol. The lowest BCUT2D eigenvalue weighted by Crippen LogP contribution is -2.46. The first-order valence-corrected chi connectivity index (χ1v) is 13.0. The molecule has 4 heterocycles. The quantitative estimate of drug-likeness (QED) is 0.643. The molecule has 0 spiro atoms. The summed E-state index contributed by atoms with van der Waals surface area (Å²) in [6.07, 6.45) is 3.98. The number of halogens is 2. The lowest BCUT2D eigenvalue weighted by Gasteiger charge is -2.34. The Labute approximate surface area is 218 Å². The molecule has 0 saturated carbocycles. The lowest BCUT2D eigenvalue weighted by molar-refractivity contribution is -0.135. The molecule has 5 atom stereocenters. The van der Waals surface area contributed by atoms with Crippen molar-refractivity contribution in [2.24, 2.45) is 16.6 Å². The number of nitriles is 1. The van der Waals surface area contributed by atoms with E-state index in [1.54, 1.807) is 13.0 Å². The molecule has 1 aromatic heterocycles. The van der Waals surface area contributed by atoms with Gasteiger partial charge in [-0.1, -0.05) is 24.8 Å². The van der Waals surface area contributed by atoms with Gasteiger partial charge in [-0.25, -0.2) is 8.78 Å². The number of hydrogen-bond acceptors (Lipinski definition) is 7. The Balaban J connectivity index is 1.41. The second-order valence-electron chi connectivity index (χ2n) is 9.95. The van der Waals surface area contributed by atoms with Crippen LogP contribution in [-0.2, 0) is 15.1 Å². The molecular weight excluding hydrogens is 496 g/mol. The van der Waals surface area contributed by atoms with E-state index in [2.05, 4.69) is 9.98 Å². The summed E-state index contributed by atoms with van der Waals surface area (Å²) in [5, 5.41) is 8.71. The number of likely N-dealkylation sites (tertiary alicyclic amines) is 1. The van der Waals surface area contributed by atoms with Gasteiger partial charge >= 0.3 is 0 Å². The van der Waals surface area contributed by atoms with Crippen molar-refractivity contribution in [3.63, 3.8) is 0 Å². The highest BCUT2D eigenvalue weighted by atomic mass is 32.2. The number of benzene rings is 1. The van der Waals surface area contributed by atoms with Gasteiger partial charge in [0.05, 0.1) is 40.8 Å². The number of carbonyl (C=O) groups is 1. The summed E-state index contributed by atoms with van der Waals surface area (Å²) >= 11 is 1.22. The summed E-state index contributed by atoms with van der Waals surface area (Å²) in [6, 6.07) is 9.27. The average Bonchev–Trinajstić information content (AvgIpc) is 3.50. The maximum atomic E-state index is 15.2. The van der Waals surface area contributed by atoms with Crippen LogP contribution in [0.5, 0.6) is 0 Å². The topological polar surface area (TPSA) is 105 Å². The molecular formula is C27H27F2N5O2S. The van der Waals surface area contributed by atoms with Gasteiger partial charge in [0, 0.05) is 18.3 Å². The third-order valence-electron chi connectivity index (χ3n) is 7.56. The van der Waals surface area contributed by atoms with Crippen LogP contribution in [0.2, 0.25) is 0 Å². The zero-order valence-corrected chi connectivity index (χ0v) is 21.3. The third kappa shape index (κ3) is 4.86. The van der Waals surface area contributed by atoms with Crippen molar-refractivity contribution in [1.82, 2.24) is 9.88 Å². The first kappa shape index (κ1) is 25.4. The van der Waals surface area contributed by atoms with Crippen LogP contribution in [-0.4, -0.2) is 51.5 Å². The number of nitrogens with zero attached hydrogens (tertiary/aromatic N) is 4. The molecule has 10 heteroatoms. The average molecular weight is 524 g/mol. The largest absolute Gasteiger partial charge is 0.378 e. The van der Waals surface area contributed by atoms with Gasteiger partial charge in [-0.2, -0.15) is 5.26 Å². The number of amidine groups is 1. The van der Waals surface area contributed by atoms with Gasteiger partial charge in [0.2, 0.25) is 5.91 Å². The van der Waals surface area contributed by atoms with Crippen LogP contribution in [0.3, 0.4) is 0 Å². The number of amides is 1. The molecule has 1 amide bonds. The first-order chi connectivity index (χ1) is 17.7. The van der Waals surface area contributed by atoms with Crippen molar-refractivity contribution >= 4 is 34.7 Å². The lowest BCUT2D eigenvalue weighted by atomic mass is 9.78. The van der Waals surface area contributed by atoms with Crippen molar-refractivity contribution in [2.45, 2.75) is 49.6 Å². The molecule has 2 N–H and O–H groups in total. The summed E-state index contributed by atoms with van der Waals surface area (Å²) in [7, 11) is 0. The van der Waals surface area contributed by atoms with Gasteiger partial charge in [0.1, 0.15) is 17.7 Å². The number of rotatable bonds is 4. The fraction of sp³-hybridized carbons (Fsp3) is 0.407. The summed E-state index contributed by atoms with van der Waals surface area (Å²) in [5.41, 5.74) is 6.32. The van der Waals surface area contributed by atoms with E-state index in [1.165, 1.54) is 48.3 Å². The second kappa shape index (κ2) is 9.88. The number of carbonyl (C=O) groups excluding carboxylic acids is 1. The maximum absolute atomic E-state index is 15.2. The number of pyridine rings is 1. The molecule has 0 aliphatic carbocycles. The van der Waals surface area contributed by atoms with Crippen molar-refractivity contribution < 1.29 is 18.3 Å². The molecule has 2 saturated heterocycles. The number of hydrogen-bond donors (Lipinski definition) is 1. The highest BCUT2D eigenvalue weighted by Crippen LogP contribution is 2.43. The Hall–Kier alpha value is -3.29. The number of thioether (sulfide) groups is 1. The van der Waals surface area contributed by atoms with Gasteiger partial charge in [-0.15, -0.1) is 0 Å². The molecule has 3 aliphatic heterocycles. The maximum Gasteiger partial charge on any atom is 0.236 e. The molecule has 192 valence electrons. The number of morpholine rings is 1. The van der Waals surface area contributed by atoms with Gasteiger partial charge in [0.25, 0.3) is 0 Å². The summed E-state index contributed by atoms with van der Waals surface area (Å²) < 4.78 is 35.7. The van der Waals surface area contributed by atoms with Crippen LogP contribution < -0.4 is 5.73 Å². The predicted octanol–water partition coefficient (Wildman–Crippen LogP) is 4.23. The number of aromatic nitrogens is 1. The minimum atomic E-state index is -1.06. The Kier molecular flexibility index (Phi) is 6.77. The fourth-order valence-electron chi connectivity index (χ4n) is 5.28. The van der Waals surface area contributed by atoms with E-state index in [-0.39, 0.29) is 40.4 Å². The van der Waals surface area contributed by atoms with E-state index in [4.69, 9.17) is 15.7 Å².